The molecular formula is C26H28N2O5S2. The van der Waals surface area contributed by atoms with E-state index in [-0.39, 0.29) is 51.0 Å². The van der Waals surface area contributed by atoms with E-state index < -0.39 is 23.8 Å². The third kappa shape index (κ3) is 3.16. The summed E-state index contributed by atoms with van der Waals surface area (Å²) >= 11 is 2.89. The topological polar surface area (TPSA) is 108 Å². The van der Waals surface area contributed by atoms with E-state index in [0.29, 0.717) is 0 Å². The second-order valence-corrected chi connectivity index (χ2v) is 13.6. The van der Waals surface area contributed by atoms with Gasteiger partial charge in [0.15, 0.2) is 0 Å². The Kier molecular flexibility index (Phi) is 4.97. The highest BCUT2D eigenvalue weighted by Crippen LogP contribution is 2.68. The maximum atomic E-state index is 13.4. The average molecular weight is 513 g/mol. The molecule has 2 aliphatic carbocycles. The van der Waals surface area contributed by atoms with Crippen LogP contribution in [0.4, 0.5) is 0 Å². The minimum absolute atomic E-state index is 0.00431. The molecule has 3 fully saturated rings. The molecule has 7 nitrogen and oxygen atoms in total. The first-order valence-corrected chi connectivity index (χ1v) is 13.8. The molecule has 8 atom stereocenters. The van der Waals surface area contributed by atoms with Crippen molar-refractivity contribution < 1.29 is 19.5 Å². The smallest absolute Gasteiger partial charge is 0.326 e. The van der Waals surface area contributed by atoms with Crippen molar-refractivity contribution in [3.8, 4) is 0 Å². The molecule has 35 heavy (non-hydrogen) atoms. The number of benzene rings is 1. The number of hydrogen-bond donors (Lipinski definition) is 2. The number of aromatic nitrogens is 1. The lowest BCUT2D eigenvalue weighted by Crippen LogP contribution is -2.44. The molecule has 0 radical (unpaired) electrons. The second kappa shape index (κ2) is 7.56. The van der Waals surface area contributed by atoms with Gasteiger partial charge in [-0.15, -0.1) is 11.8 Å². The summed E-state index contributed by atoms with van der Waals surface area (Å²) in [4.78, 5) is 55.7. The standard InChI is InChI=1S/C26H28N2O5S2/c1-10(24(31)32)28-22(29)17-13-9-14(18(17)23(28)30)19-16(13)15(20-21(34-19)27-25(33)35-20)11-5-7-12(8-6-11)26(2,3)4/h5-8,10,13-19H,9H2,1-4H3,(H,27,33)(H,31,32)/t10-,13-,14-,15+,16-,17+,18-,19-/m1/s1. The minimum Gasteiger partial charge on any atom is -0.480 e. The molecule has 0 unspecified atom stereocenters. The Balaban J connectivity index is 1.43. The molecule has 2 aromatic rings. The van der Waals surface area contributed by atoms with Gasteiger partial charge in [-0.25, -0.2) is 4.79 Å². The third-order valence-electron chi connectivity index (χ3n) is 8.64. The largest absolute Gasteiger partial charge is 0.480 e. The number of aromatic amines is 1. The fourth-order valence-corrected chi connectivity index (χ4v) is 9.98. The molecule has 2 saturated carbocycles. The number of likely N-dealkylation sites (tertiary alicyclic amines) is 1. The number of nitrogens with one attached hydrogen (secondary N) is 1. The van der Waals surface area contributed by atoms with Crippen LogP contribution in [0.25, 0.3) is 0 Å². The summed E-state index contributed by atoms with van der Waals surface area (Å²) in [5.74, 6) is -2.69. The maximum absolute atomic E-state index is 13.4. The number of rotatable bonds is 3. The van der Waals surface area contributed by atoms with Crippen molar-refractivity contribution in [2.75, 3.05) is 0 Å². The number of carbonyl (C=O) groups is 3. The van der Waals surface area contributed by atoms with Crippen molar-refractivity contribution >= 4 is 40.9 Å². The molecule has 2 aliphatic heterocycles. The van der Waals surface area contributed by atoms with E-state index in [9.17, 15) is 24.3 Å². The van der Waals surface area contributed by atoms with Gasteiger partial charge in [0.05, 0.1) is 16.9 Å². The van der Waals surface area contributed by atoms with Crippen molar-refractivity contribution in [1.82, 2.24) is 9.88 Å². The number of hydrogen-bond acceptors (Lipinski definition) is 6. The van der Waals surface area contributed by atoms with E-state index in [1.54, 1.807) is 11.8 Å². The van der Waals surface area contributed by atoms with E-state index in [2.05, 4.69) is 50.0 Å². The van der Waals surface area contributed by atoms with Crippen LogP contribution >= 0.6 is 23.1 Å². The lowest BCUT2D eigenvalue weighted by molar-refractivity contribution is -0.154. The number of fused-ring (bicyclic) bond motifs is 9. The highest BCUT2D eigenvalue weighted by molar-refractivity contribution is 8.00. The number of amides is 2. The Labute approximate surface area is 211 Å². The lowest BCUT2D eigenvalue weighted by atomic mass is 9.68. The zero-order valence-corrected chi connectivity index (χ0v) is 21.6. The summed E-state index contributed by atoms with van der Waals surface area (Å²) in [5, 5.41) is 10.5. The van der Waals surface area contributed by atoms with Gasteiger partial charge in [-0.1, -0.05) is 56.4 Å². The van der Waals surface area contributed by atoms with Crippen molar-refractivity contribution in [3.63, 3.8) is 0 Å². The number of thioether (sulfide) groups is 1. The molecule has 4 aliphatic rings. The Morgan fingerprint density at radius 2 is 1.71 bits per heavy atom. The van der Waals surface area contributed by atoms with Crippen LogP contribution in [-0.2, 0) is 19.8 Å². The van der Waals surface area contributed by atoms with Crippen LogP contribution in [0, 0.1) is 29.6 Å². The maximum Gasteiger partial charge on any atom is 0.326 e. The minimum atomic E-state index is -1.16. The Hall–Kier alpha value is -2.39. The molecule has 0 spiro atoms. The van der Waals surface area contributed by atoms with Gasteiger partial charge in [0, 0.05) is 16.0 Å². The van der Waals surface area contributed by atoms with Gasteiger partial charge in [-0.05, 0) is 47.6 Å². The van der Waals surface area contributed by atoms with Crippen LogP contribution < -0.4 is 4.87 Å². The van der Waals surface area contributed by atoms with E-state index in [0.717, 1.165) is 26.8 Å². The first-order chi connectivity index (χ1) is 16.5. The number of imide groups is 1. The summed E-state index contributed by atoms with van der Waals surface area (Å²) in [6.07, 6.45) is 0.792. The summed E-state index contributed by atoms with van der Waals surface area (Å²) in [6.45, 7) is 7.93. The fraction of sp³-hybridized carbons (Fsp3) is 0.538. The second-order valence-electron chi connectivity index (χ2n) is 11.4. The van der Waals surface area contributed by atoms with E-state index in [1.807, 2.05) is 0 Å². The van der Waals surface area contributed by atoms with Crippen LogP contribution in [-0.4, -0.2) is 44.1 Å². The van der Waals surface area contributed by atoms with Gasteiger partial charge in [0.2, 0.25) is 11.8 Å². The first-order valence-electron chi connectivity index (χ1n) is 12.1. The normalized spacial score (nSPS) is 34.1. The Morgan fingerprint density at radius 3 is 2.31 bits per heavy atom. The van der Waals surface area contributed by atoms with Crippen molar-refractivity contribution in [1.29, 1.82) is 0 Å². The van der Waals surface area contributed by atoms with Gasteiger partial charge >= 0.3 is 10.8 Å². The van der Waals surface area contributed by atoms with E-state index in [4.69, 9.17) is 0 Å². The number of nitrogens with zero attached hydrogens (tertiary/aromatic N) is 1. The van der Waals surface area contributed by atoms with E-state index in [1.165, 1.54) is 23.8 Å². The summed E-state index contributed by atoms with van der Waals surface area (Å²) < 4.78 is 0. The van der Waals surface area contributed by atoms with Crippen molar-refractivity contribution in [2.24, 2.45) is 29.6 Å². The molecule has 6 rings (SSSR count). The number of carbonyl (C=O) groups excluding carboxylic acids is 2. The van der Waals surface area contributed by atoms with Crippen LogP contribution in [0.1, 0.15) is 56.0 Å². The summed E-state index contributed by atoms with van der Waals surface area (Å²) in [5.41, 5.74) is 2.38. The zero-order valence-electron chi connectivity index (χ0n) is 20.0. The van der Waals surface area contributed by atoms with E-state index >= 15 is 0 Å². The quantitative estimate of drug-likeness (QED) is 0.608. The molecule has 2 N–H and O–H groups in total. The van der Waals surface area contributed by atoms with Crippen LogP contribution in [0.5, 0.6) is 0 Å². The number of carboxylic acids is 1. The summed E-state index contributed by atoms with van der Waals surface area (Å²) in [7, 11) is 0. The fourth-order valence-electron chi connectivity index (χ4n) is 7.10. The average Bonchev–Trinajstić information content (AvgIpc) is 3.51. The SMILES string of the molecule is C[C@H](C(=O)O)N1C(=O)[C@@H]2[C@H]3C[C@@H]([C@@H]2C1=O)[C@@H]1[C@H](c2ccc(C(C)(C)C)cc2)c2sc(=O)[nH]c2S[C@H]31. The van der Waals surface area contributed by atoms with Gasteiger partial charge in [-0.3, -0.25) is 19.3 Å². The molecule has 1 saturated heterocycles. The van der Waals surface area contributed by atoms with Crippen LogP contribution in [0.15, 0.2) is 34.1 Å². The molecular weight excluding hydrogens is 484 g/mol. The number of thiazole rings is 1. The number of H-pyrrole nitrogens is 1. The molecule has 2 bridgehead atoms. The molecule has 1 aromatic heterocycles. The van der Waals surface area contributed by atoms with Gasteiger partial charge in [0.25, 0.3) is 0 Å². The van der Waals surface area contributed by atoms with Crippen LogP contribution in [0.2, 0.25) is 0 Å². The lowest BCUT2D eigenvalue weighted by Gasteiger charge is -2.43. The highest BCUT2D eigenvalue weighted by atomic mass is 32.2. The molecule has 9 heteroatoms. The van der Waals surface area contributed by atoms with Gasteiger partial charge < -0.3 is 10.1 Å². The highest BCUT2D eigenvalue weighted by Gasteiger charge is 2.70. The molecule has 2 amide bonds. The monoisotopic (exact) mass is 512 g/mol. The molecule has 1 aromatic carbocycles. The summed E-state index contributed by atoms with van der Waals surface area (Å²) in [6, 6.07) is 7.44. The number of aliphatic carboxylic acids is 1. The Morgan fingerprint density at radius 1 is 1.09 bits per heavy atom. The first kappa shape index (κ1) is 23.0. The van der Waals surface area contributed by atoms with Crippen LogP contribution in [0.3, 0.4) is 0 Å². The van der Waals surface area contributed by atoms with Gasteiger partial charge in [-0.2, -0.15) is 0 Å². The zero-order chi connectivity index (χ0) is 25.0. The molecule has 3 heterocycles. The predicted octanol–water partition coefficient (Wildman–Crippen LogP) is 3.68. The predicted molar refractivity (Wildman–Crippen MR) is 133 cm³/mol. The van der Waals surface area contributed by atoms with Crippen molar-refractivity contribution in [2.45, 2.75) is 61.8 Å². The third-order valence-corrected chi connectivity index (χ3v) is 11.2. The van der Waals surface area contributed by atoms with Crippen molar-refractivity contribution in [3.05, 3.63) is 49.9 Å². The van der Waals surface area contributed by atoms with Gasteiger partial charge in [0.1, 0.15) is 6.04 Å². The molecule has 184 valence electrons. The Bertz CT molecular complexity index is 1310. The number of carboxylic acid groups (broad SMARTS) is 1.